The van der Waals surface area contributed by atoms with Crippen LogP contribution in [0, 0.1) is 5.92 Å². The fourth-order valence-electron chi connectivity index (χ4n) is 3.49. The largest absolute Gasteiger partial charge is 0.455 e. The molecular formula is C26H23ClF3NO3. The molecule has 3 aromatic carbocycles. The topological polar surface area (TPSA) is 55.4 Å². The van der Waals surface area contributed by atoms with E-state index < -0.39 is 36.1 Å². The fraction of sp³-hybridized carbons (Fsp3) is 0.231. The first kappa shape index (κ1) is 25.3. The first-order chi connectivity index (χ1) is 16.2. The van der Waals surface area contributed by atoms with Gasteiger partial charge in [0.05, 0.1) is 11.5 Å². The second-order valence-electron chi connectivity index (χ2n) is 7.76. The molecule has 0 heterocycles. The van der Waals surface area contributed by atoms with E-state index in [2.05, 4.69) is 5.32 Å². The van der Waals surface area contributed by atoms with Crippen molar-refractivity contribution in [3.63, 3.8) is 0 Å². The van der Waals surface area contributed by atoms with Crippen LogP contribution in [0.4, 0.5) is 13.2 Å². The van der Waals surface area contributed by atoms with Crippen LogP contribution in [0.3, 0.4) is 0 Å². The Bertz CT molecular complexity index is 1100. The van der Waals surface area contributed by atoms with Crippen LogP contribution in [0.1, 0.15) is 22.3 Å². The third kappa shape index (κ3) is 7.63. The summed E-state index contributed by atoms with van der Waals surface area (Å²) in [5, 5.41) is 2.96. The van der Waals surface area contributed by atoms with Gasteiger partial charge in [-0.05, 0) is 47.7 Å². The predicted molar refractivity (Wildman–Crippen MR) is 123 cm³/mol. The summed E-state index contributed by atoms with van der Waals surface area (Å²) < 4.78 is 44.5. The second-order valence-corrected chi connectivity index (χ2v) is 8.19. The van der Waals surface area contributed by atoms with Gasteiger partial charge in [0.15, 0.2) is 6.61 Å². The molecule has 1 N–H and O–H groups in total. The van der Waals surface area contributed by atoms with E-state index >= 15 is 0 Å². The monoisotopic (exact) mass is 489 g/mol. The van der Waals surface area contributed by atoms with Crippen LogP contribution in [0.15, 0.2) is 78.9 Å². The van der Waals surface area contributed by atoms with E-state index in [-0.39, 0.29) is 12.1 Å². The van der Waals surface area contributed by atoms with Gasteiger partial charge in [-0.25, -0.2) is 0 Å². The van der Waals surface area contributed by atoms with Gasteiger partial charge in [-0.15, -0.1) is 0 Å². The van der Waals surface area contributed by atoms with E-state index in [4.69, 9.17) is 16.3 Å². The molecule has 3 aromatic rings. The molecule has 0 saturated carbocycles. The Kier molecular flexibility index (Phi) is 8.71. The third-order valence-corrected chi connectivity index (χ3v) is 5.45. The van der Waals surface area contributed by atoms with Gasteiger partial charge < -0.3 is 10.1 Å². The fourth-order valence-corrected chi connectivity index (χ4v) is 3.62. The molecule has 3 rings (SSSR count). The zero-order valence-corrected chi connectivity index (χ0v) is 18.9. The molecule has 0 radical (unpaired) electrons. The zero-order chi connectivity index (χ0) is 24.6. The summed E-state index contributed by atoms with van der Waals surface area (Å²) in [6.45, 7) is -0.913. The number of alkyl halides is 3. The van der Waals surface area contributed by atoms with Gasteiger partial charge in [0.2, 0.25) is 0 Å². The standard InChI is InChI=1S/C26H23ClF3NO3/c27-22-12-10-19(11-13-22)15-21(14-18-6-2-1-3-7-18)25(33)34-17-24(32)31-16-20-8-4-5-9-23(20)26(28,29)30/h1-13,21H,14-17H2,(H,31,32). The van der Waals surface area contributed by atoms with Gasteiger partial charge in [0.25, 0.3) is 5.91 Å². The average Bonchev–Trinajstić information content (AvgIpc) is 2.82. The Hall–Kier alpha value is -3.32. The van der Waals surface area contributed by atoms with Crippen molar-refractivity contribution in [3.8, 4) is 0 Å². The summed E-state index contributed by atoms with van der Waals surface area (Å²) in [6, 6.07) is 21.5. The molecule has 34 heavy (non-hydrogen) atoms. The summed E-state index contributed by atoms with van der Waals surface area (Å²) in [4.78, 5) is 25.0. The van der Waals surface area contributed by atoms with Crippen molar-refractivity contribution in [1.29, 1.82) is 0 Å². The van der Waals surface area contributed by atoms with Crippen LogP contribution < -0.4 is 5.32 Å². The average molecular weight is 490 g/mol. The molecule has 0 spiro atoms. The number of hydrogen-bond acceptors (Lipinski definition) is 3. The van der Waals surface area contributed by atoms with Gasteiger partial charge in [-0.1, -0.05) is 72.3 Å². The molecule has 178 valence electrons. The molecule has 0 aliphatic heterocycles. The number of nitrogens with one attached hydrogen (secondary N) is 1. The molecule has 1 atom stereocenters. The van der Waals surface area contributed by atoms with Crippen molar-refractivity contribution in [2.75, 3.05) is 6.61 Å². The molecule has 8 heteroatoms. The molecule has 1 unspecified atom stereocenters. The van der Waals surface area contributed by atoms with Crippen LogP contribution in [0.5, 0.6) is 0 Å². The van der Waals surface area contributed by atoms with Crippen molar-refractivity contribution in [3.05, 3.63) is 106 Å². The smallest absolute Gasteiger partial charge is 0.416 e. The third-order valence-electron chi connectivity index (χ3n) is 5.20. The van der Waals surface area contributed by atoms with Crippen molar-refractivity contribution >= 4 is 23.5 Å². The molecular weight excluding hydrogens is 467 g/mol. The van der Waals surface area contributed by atoms with E-state index in [1.165, 1.54) is 18.2 Å². The Morgan fingerprint density at radius 1 is 0.853 bits per heavy atom. The lowest BCUT2D eigenvalue weighted by atomic mass is 9.92. The lowest BCUT2D eigenvalue weighted by Gasteiger charge is -2.17. The van der Waals surface area contributed by atoms with Crippen LogP contribution in [-0.4, -0.2) is 18.5 Å². The number of halogens is 4. The van der Waals surface area contributed by atoms with Gasteiger partial charge in [0, 0.05) is 11.6 Å². The molecule has 0 saturated heterocycles. The highest BCUT2D eigenvalue weighted by Gasteiger charge is 2.32. The Balaban J connectivity index is 1.60. The first-order valence-corrected chi connectivity index (χ1v) is 11.0. The Morgan fingerprint density at radius 2 is 1.44 bits per heavy atom. The summed E-state index contributed by atoms with van der Waals surface area (Å²) >= 11 is 5.94. The quantitative estimate of drug-likeness (QED) is 0.397. The van der Waals surface area contributed by atoms with Crippen molar-refractivity contribution in [2.24, 2.45) is 5.92 Å². The SMILES string of the molecule is O=C(COC(=O)C(Cc1ccccc1)Cc1ccc(Cl)cc1)NCc1ccccc1C(F)(F)F. The van der Waals surface area contributed by atoms with Crippen LogP contribution >= 0.6 is 11.6 Å². The van der Waals surface area contributed by atoms with Gasteiger partial charge in [0.1, 0.15) is 0 Å². The number of rotatable bonds is 9. The minimum Gasteiger partial charge on any atom is -0.455 e. The van der Waals surface area contributed by atoms with Crippen molar-refractivity contribution < 1.29 is 27.5 Å². The molecule has 4 nitrogen and oxygen atoms in total. The zero-order valence-electron chi connectivity index (χ0n) is 18.1. The number of benzene rings is 3. The molecule has 0 bridgehead atoms. The van der Waals surface area contributed by atoms with E-state index in [0.717, 1.165) is 17.2 Å². The van der Waals surface area contributed by atoms with E-state index in [1.54, 1.807) is 12.1 Å². The number of esters is 1. The number of hydrogen-bond donors (Lipinski definition) is 1. The van der Waals surface area contributed by atoms with E-state index in [1.807, 2.05) is 42.5 Å². The Labute approximate surface area is 200 Å². The van der Waals surface area contributed by atoms with E-state index in [0.29, 0.717) is 17.9 Å². The maximum atomic E-state index is 13.1. The maximum Gasteiger partial charge on any atom is 0.416 e. The molecule has 0 aliphatic rings. The lowest BCUT2D eigenvalue weighted by molar-refractivity contribution is -0.152. The lowest BCUT2D eigenvalue weighted by Crippen LogP contribution is -2.31. The normalized spacial score (nSPS) is 12.1. The van der Waals surface area contributed by atoms with Gasteiger partial charge >= 0.3 is 12.1 Å². The molecule has 1 amide bonds. The highest BCUT2D eigenvalue weighted by molar-refractivity contribution is 6.30. The van der Waals surface area contributed by atoms with Crippen molar-refractivity contribution in [1.82, 2.24) is 5.32 Å². The van der Waals surface area contributed by atoms with Gasteiger partial charge in [-0.2, -0.15) is 13.2 Å². The van der Waals surface area contributed by atoms with Crippen LogP contribution in [0.2, 0.25) is 5.02 Å². The van der Waals surface area contributed by atoms with Gasteiger partial charge in [-0.3, -0.25) is 9.59 Å². The Morgan fingerprint density at radius 3 is 2.09 bits per heavy atom. The number of ether oxygens (including phenoxy) is 1. The number of carbonyl (C=O) groups excluding carboxylic acids is 2. The maximum absolute atomic E-state index is 13.1. The summed E-state index contributed by atoms with van der Waals surface area (Å²) in [5.74, 6) is -1.80. The molecule has 0 aliphatic carbocycles. The highest BCUT2D eigenvalue weighted by Crippen LogP contribution is 2.31. The summed E-state index contributed by atoms with van der Waals surface area (Å²) in [5.41, 5.74) is 0.930. The van der Waals surface area contributed by atoms with Crippen molar-refractivity contribution in [2.45, 2.75) is 25.6 Å². The highest BCUT2D eigenvalue weighted by atomic mass is 35.5. The van der Waals surface area contributed by atoms with E-state index in [9.17, 15) is 22.8 Å². The van der Waals surface area contributed by atoms with Crippen LogP contribution in [0.25, 0.3) is 0 Å². The minimum absolute atomic E-state index is 0.0700. The number of carbonyl (C=O) groups is 2. The summed E-state index contributed by atoms with van der Waals surface area (Å²) in [7, 11) is 0. The molecule has 0 fully saturated rings. The predicted octanol–water partition coefficient (Wildman–Crippen LogP) is 5.62. The first-order valence-electron chi connectivity index (χ1n) is 10.6. The second kappa shape index (κ2) is 11.7. The summed E-state index contributed by atoms with van der Waals surface area (Å²) in [6.07, 6.45) is -3.74. The van der Waals surface area contributed by atoms with Crippen LogP contribution in [-0.2, 0) is 39.9 Å². The number of amides is 1. The molecule has 0 aromatic heterocycles. The minimum atomic E-state index is -4.53.